The van der Waals surface area contributed by atoms with Crippen molar-refractivity contribution in [2.24, 2.45) is 11.3 Å². The van der Waals surface area contributed by atoms with Gasteiger partial charge in [0.05, 0.1) is 47.0 Å². The molecule has 0 aliphatic carbocycles. The third-order valence-electron chi connectivity index (χ3n) is 14.1. The van der Waals surface area contributed by atoms with Crippen LogP contribution < -0.4 is 26.2 Å². The maximum atomic E-state index is 14.1. The largest absolute Gasteiger partial charge is 0.496 e. The minimum absolute atomic E-state index is 0.0343. The zero-order valence-electron chi connectivity index (χ0n) is 42.0. The summed E-state index contributed by atoms with van der Waals surface area (Å²) in [5.74, 6) is -0.158. The Bertz CT molecular complexity index is 2680. The first-order valence-electron chi connectivity index (χ1n) is 24.9. The second-order valence-electron chi connectivity index (χ2n) is 20.3. The van der Waals surface area contributed by atoms with Gasteiger partial charge >= 0.3 is 0 Å². The van der Waals surface area contributed by atoms with Crippen molar-refractivity contribution in [2.45, 2.75) is 137 Å². The van der Waals surface area contributed by atoms with E-state index in [9.17, 15) is 29.1 Å². The lowest BCUT2D eigenvalue weighted by Gasteiger charge is -2.35. The summed E-state index contributed by atoms with van der Waals surface area (Å²) in [5.41, 5.74) is 7.55. The van der Waals surface area contributed by atoms with Crippen LogP contribution in [0.25, 0.3) is 21.3 Å². The predicted octanol–water partition coefficient (Wildman–Crippen LogP) is 7.18. The summed E-state index contributed by atoms with van der Waals surface area (Å²) in [6.45, 7) is 15.8. The van der Waals surface area contributed by atoms with Crippen LogP contribution >= 0.6 is 11.3 Å². The lowest BCUT2D eigenvalue weighted by atomic mass is 9.85. The standard InChI is InChI=1S/C54H72N8O7S/c1-34-27-45(69-7)42(50(65)58-34)30-56-52(67)47-36(3)61(43-16-13-12-15-41(43)47)31-38-22-25-60(26-23-38)24-14-10-8-9-11-17-46(64)59-49(54(4,5)6)53(68)62-32-40(63)28-44(62)51(66)55-29-37-18-20-39(21-19-37)48-35(2)57-33-70-48/h12-13,15-16,18-21,27,33,38,40,44,49,63H,8-11,14,17,22-26,28-32H2,1-7H3,(H,55,66)(H,56,67)(H,58,65)(H,59,64)/t40-,44+,49-/m1/s1. The Kier molecular flexibility index (Phi) is 17.4. The first-order chi connectivity index (χ1) is 33.5. The molecular formula is C54H72N8O7S. The smallest absolute Gasteiger partial charge is 0.256 e. The van der Waals surface area contributed by atoms with Gasteiger partial charge in [-0.05, 0) is 101 Å². The van der Waals surface area contributed by atoms with E-state index in [-0.39, 0.29) is 55.2 Å². The number of methoxy groups -OCH3 is 1. The van der Waals surface area contributed by atoms with E-state index in [0.717, 1.165) is 109 Å². The number of aliphatic hydroxyl groups is 1. The molecule has 0 bridgehead atoms. The topological polar surface area (TPSA) is 191 Å². The van der Waals surface area contributed by atoms with Crippen LogP contribution in [0.5, 0.6) is 5.75 Å². The van der Waals surface area contributed by atoms with Crippen molar-refractivity contribution in [2.75, 3.05) is 33.3 Å². The highest BCUT2D eigenvalue weighted by Crippen LogP contribution is 2.31. The van der Waals surface area contributed by atoms with Crippen molar-refractivity contribution >= 4 is 45.9 Å². The SMILES string of the molecule is COc1cc(C)[nH]c(=O)c1CNC(=O)c1c(C)n(CC2CCN(CCCCCCCC(=O)N[C@H](C(=O)N3C[C@H](O)C[C@H]3C(=O)NCc3ccc(-c4scnc4C)cc3)C(C)(C)C)CC2)c2ccccc12. The number of aryl methyl sites for hydroxylation is 2. The van der Waals surface area contributed by atoms with E-state index in [4.69, 9.17) is 4.74 Å². The number of aromatic amines is 1. The summed E-state index contributed by atoms with van der Waals surface area (Å²) < 4.78 is 7.72. The van der Waals surface area contributed by atoms with Gasteiger partial charge in [0.1, 0.15) is 17.8 Å². The lowest BCUT2D eigenvalue weighted by molar-refractivity contribution is -0.144. The van der Waals surface area contributed by atoms with Gasteiger partial charge in [-0.25, -0.2) is 4.98 Å². The van der Waals surface area contributed by atoms with Gasteiger partial charge in [-0.2, -0.15) is 0 Å². The maximum absolute atomic E-state index is 14.1. The number of ether oxygens (including phenoxy) is 1. The summed E-state index contributed by atoms with van der Waals surface area (Å²) in [4.78, 5) is 79.5. The highest BCUT2D eigenvalue weighted by Gasteiger charge is 2.44. The number of β-amino-alcohol motifs (C(OH)–C–C–N with tert-alkyl or cyclic N) is 1. The molecule has 0 spiro atoms. The average molecular weight is 977 g/mol. The Hall–Kier alpha value is -5.84. The average Bonchev–Trinajstić information content (AvgIpc) is 4.03. The molecule has 5 aromatic rings. The molecule has 70 heavy (non-hydrogen) atoms. The van der Waals surface area contributed by atoms with E-state index in [1.165, 1.54) is 12.0 Å². The fraction of sp³-hybridized carbons (Fsp3) is 0.519. The third kappa shape index (κ3) is 12.7. The number of hydrogen-bond donors (Lipinski definition) is 5. The zero-order valence-corrected chi connectivity index (χ0v) is 42.8. The second kappa shape index (κ2) is 23.4. The number of carbonyl (C=O) groups is 4. The number of hydrogen-bond acceptors (Lipinski definition) is 10. The Balaban J connectivity index is 0.808. The molecular weight excluding hydrogens is 905 g/mol. The predicted molar refractivity (Wildman–Crippen MR) is 275 cm³/mol. The number of para-hydroxylation sites is 1. The minimum atomic E-state index is -0.850. The van der Waals surface area contributed by atoms with Gasteiger partial charge in [-0.3, -0.25) is 24.0 Å². The number of H-pyrrole nitrogens is 1. The summed E-state index contributed by atoms with van der Waals surface area (Å²) in [7, 11) is 1.52. The van der Waals surface area contributed by atoms with Crippen LogP contribution in [0, 0.1) is 32.1 Å². The highest BCUT2D eigenvalue weighted by molar-refractivity contribution is 7.13. The van der Waals surface area contributed by atoms with Crippen LogP contribution in [0.4, 0.5) is 0 Å². The minimum Gasteiger partial charge on any atom is -0.496 e. The normalized spacial score (nSPS) is 17.2. The van der Waals surface area contributed by atoms with Gasteiger partial charge in [0.25, 0.3) is 11.5 Å². The van der Waals surface area contributed by atoms with E-state index >= 15 is 0 Å². The number of nitrogens with one attached hydrogen (secondary N) is 4. The number of carbonyl (C=O) groups excluding carboxylic acids is 4. The maximum Gasteiger partial charge on any atom is 0.256 e. The number of unbranched alkanes of at least 4 members (excludes halogenated alkanes) is 4. The highest BCUT2D eigenvalue weighted by atomic mass is 32.1. The number of rotatable bonds is 20. The number of piperidine rings is 1. The van der Waals surface area contributed by atoms with E-state index in [0.29, 0.717) is 34.9 Å². The fourth-order valence-electron chi connectivity index (χ4n) is 10.1. The number of likely N-dealkylation sites (tertiary alicyclic amines) is 2. The monoisotopic (exact) mass is 977 g/mol. The number of amides is 4. The Morgan fingerprint density at radius 1 is 0.943 bits per heavy atom. The van der Waals surface area contributed by atoms with E-state index in [1.54, 1.807) is 24.3 Å². The number of pyridine rings is 1. The molecule has 2 aromatic carbocycles. The first kappa shape index (κ1) is 52.0. The number of benzene rings is 2. The molecule has 3 aromatic heterocycles. The summed E-state index contributed by atoms with van der Waals surface area (Å²) in [6, 6.07) is 16.1. The lowest BCUT2D eigenvalue weighted by Crippen LogP contribution is -2.57. The molecule has 0 radical (unpaired) electrons. The molecule has 7 rings (SSSR count). The number of fused-ring (bicyclic) bond motifs is 1. The zero-order chi connectivity index (χ0) is 50.1. The van der Waals surface area contributed by atoms with Crippen LogP contribution in [0.3, 0.4) is 0 Å². The molecule has 2 saturated heterocycles. The van der Waals surface area contributed by atoms with Gasteiger partial charge in [0.15, 0.2) is 0 Å². The summed E-state index contributed by atoms with van der Waals surface area (Å²) in [6.07, 6.45) is 6.60. The van der Waals surface area contributed by atoms with Crippen LogP contribution in [-0.2, 0) is 34.0 Å². The van der Waals surface area contributed by atoms with E-state index in [2.05, 4.69) is 41.5 Å². The van der Waals surface area contributed by atoms with Crippen LogP contribution in [0.1, 0.15) is 117 Å². The van der Waals surface area contributed by atoms with E-state index < -0.39 is 23.6 Å². The molecule has 0 unspecified atom stereocenters. The number of aromatic nitrogens is 3. The Morgan fingerprint density at radius 2 is 1.66 bits per heavy atom. The molecule has 16 heteroatoms. The van der Waals surface area contributed by atoms with Crippen molar-refractivity contribution in [1.82, 2.24) is 40.3 Å². The molecule has 376 valence electrons. The van der Waals surface area contributed by atoms with Crippen molar-refractivity contribution in [1.29, 1.82) is 0 Å². The molecule has 5 N–H and O–H groups in total. The summed E-state index contributed by atoms with van der Waals surface area (Å²) >= 11 is 1.59. The van der Waals surface area contributed by atoms with Crippen LogP contribution in [-0.4, -0.2) is 105 Å². The molecule has 0 saturated carbocycles. The molecule has 4 amide bonds. The van der Waals surface area contributed by atoms with Crippen LogP contribution in [0.15, 0.2) is 64.9 Å². The summed E-state index contributed by atoms with van der Waals surface area (Å²) in [5, 5.41) is 20.5. The number of thiazole rings is 1. The second-order valence-corrected chi connectivity index (χ2v) is 21.2. The van der Waals surface area contributed by atoms with Crippen LogP contribution in [0.2, 0.25) is 0 Å². The van der Waals surface area contributed by atoms with Gasteiger partial charge < -0.3 is 45.1 Å². The Morgan fingerprint density at radius 3 is 2.36 bits per heavy atom. The molecule has 5 heterocycles. The van der Waals surface area contributed by atoms with Crippen molar-refractivity contribution in [3.63, 3.8) is 0 Å². The first-order valence-corrected chi connectivity index (χ1v) is 25.8. The molecule has 3 atom stereocenters. The van der Waals surface area contributed by atoms with Gasteiger partial charge in [-0.15, -0.1) is 11.3 Å². The molecule has 15 nitrogen and oxygen atoms in total. The van der Waals surface area contributed by atoms with Crippen molar-refractivity contribution < 1.29 is 29.0 Å². The van der Waals surface area contributed by atoms with Gasteiger partial charge in [0, 0.05) is 54.8 Å². The van der Waals surface area contributed by atoms with Crippen molar-refractivity contribution in [3.8, 4) is 16.2 Å². The number of nitrogens with zero attached hydrogens (tertiary/aromatic N) is 4. The quantitative estimate of drug-likeness (QED) is 0.0503. The Labute approximate surface area is 415 Å². The molecule has 2 aliphatic heterocycles. The molecule has 2 aliphatic rings. The van der Waals surface area contributed by atoms with Gasteiger partial charge in [-0.1, -0.05) is 82.5 Å². The van der Waals surface area contributed by atoms with Gasteiger partial charge in [0.2, 0.25) is 17.7 Å². The molecule has 2 fully saturated rings. The van der Waals surface area contributed by atoms with Crippen molar-refractivity contribution in [3.05, 3.63) is 104 Å². The number of aliphatic hydroxyl groups excluding tert-OH is 1. The fourth-order valence-corrected chi connectivity index (χ4v) is 10.9. The third-order valence-corrected chi connectivity index (χ3v) is 15.0. The van der Waals surface area contributed by atoms with E-state index in [1.807, 2.05) is 82.6 Å².